The number of rotatable bonds is 1. The Bertz CT molecular complexity index is 354. The molecule has 0 fully saturated rings. The van der Waals surface area contributed by atoms with Crippen LogP contribution in [0.25, 0.3) is 0 Å². The van der Waals surface area contributed by atoms with Crippen LogP contribution in [0.4, 0.5) is 10.1 Å². The second kappa shape index (κ2) is 3.75. The van der Waals surface area contributed by atoms with E-state index in [0.29, 0.717) is 5.56 Å². The Hall–Kier alpha value is -0.800. The molecule has 1 aromatic rings. The lowest BCUT2D eigenvalue weighted by atomic mass is 9.97. The van der Waals surface area contributed by atoms with Crippen LogP contribution in [0, 0.1) is 5.82 Å². The molecule has 0 amide bonds. The van der Waals surface area contributed by atoms with Crippen molar-refractivity contribution in [3.05, 3.63) is 28.5 Å². The van der Waals surface area contributed by atoms with Gasteiger partial charge in [-0.2, -0.15) is 0 Å². The first-order valence-corrected chi connectivity index (χ1v) is 5.01. The van der Waals surface area contributed by atoms with E-state index in [4.69, 9.17) is 11.6 Å². The van der Waals surface area contributed by atoms with E-state index >= 15 is 0 Å². The van der Waals surface area contributed by atoms with Gasteiger partial charge in [-0.25, -0.2) is 4.39 Å². The van der Waals surface area contributed by atoms with Crippen LogP contribution in [0.15, 0.2) is 12.1 Å². The largest absolute Gasteiger partial charge is 0.385 e. The van der Waals surface area contributed by atoms with Gasteiger partial charge in [0.05, 0.1) is 5.02 Å². The van der Waals surface area contributed by atoms with Crippen molar-refractivity contribution in [2.75, 3.05) is 18.9 Å². The zero-order chi connectivity index (χ0) is 10.1. The number of anilines is 1. The predicted molar refractivity (Wildman–Crippen MR) is 56.3 cm³/mol. The van der Waals surface area contributed by atoms with Gasteiger partial charge < -0.3 is 10.6 Å². The van der Waals surface area contributed by atoms with Crippen molar-refractivity contribution >= 4 is 17.3 Å². The standard InChI is InChI=1S/C10H12ClFN2/c1-13-7-4-5-14-8-3-2-6(11)10(12)9(7)8/h2-3,7,13-14H,4-5H2,1H3. The summed E-state index contributed by atoms with van der Waals surface area (Å²) in [6.07, 6.45) is 0.876. The van der Waals surface area contributed by atoms with Gasteiger partial charge in [0.25, 0.3) is 0 Å². The van der Waals surface area contributed by atoms with E-state index in [2.05, 4.69) is 10.6 Å². The summed E-state index contributed by atoms with van der Waals surface area (Å²) >= 11 is 5.74. The van der Waals surface area contributed by atoms with Crippen LogP contribution < -0.4 is 10.6 Å². The number of hydrogen-bond acceptors (Lipinski definition) is 2. The average molecular weight is 215 g/mol. The van der Waals surface area contributed by atoms with Crippen molar-refractivity contribution in [1.82, 2.24) is 5.32 Å². The molecule has 1 atom stereocenters. The molecule has 0 saturated heterocycles. The normalized spacial score (nSPS) is 20.1. The monoisotopic (exact) mass is 214 g/mol. The summed E-state index contributed by atoms with van der Waals surface area (Å²) in [5.41, 5.74) is 1.50. The second-order valence-corrected chi connectivity index (χ2v) is 3.79. The quantitative estimate of drug-likeness (QED) is 0.751. The number of hydrogen-bond donors (Lipinski definition) is 2. The number of benzene rings is 1. The molecule has 1 aromatic carbocycles. The van der Waals surface area contributed by atoms with Crippen molar-refractivity contribution < 1.29 is 4.39 Å². The fourth-order valence-corrected chi connectivity index (χ4v) is 2.01. The van der Waals surface area contributed by atoms with Crippen LogP contribution >= 0.6 is 11.6 Å². The van der Waals surface area contributed by atoms with Gasteiger partial charge in [0.15, 0.2) is 0 Å². The number of nitrogens with one attached hydrogen (secondary N) is 2. The van der Waals surface area contributed by atoms with Gasteiger partial charge in [-0.3, -0.25) is 0 Å². The highest BCUT2D eigenvalue weighted by atomic mass is 35.5. The molecule has 76 valence electrons. The van der Waals surface area contributed by atoms with E-state index in [1.54, 1.807) is 6.07 Å². The summed E-state index contributed by atoms with van der Waals surface area (Å²) in [5.74, 6) is -0.310. The fraction of sp³-hybridized carbons (Fsp3) is 0.400. The molecule has 0 radical (unpaired) electrons. The van der Waals surface area contributed by atoms with Gasteiger partial charge in [-0.1, -0.05) is 11.6 Å². The van der Waals surface area contributed by atoms with Gasteiger partial charge in [0.1, 0.15) is 5.82 Å². The summed E-state index contributed by atoms with van der Waals surface area (Å²) in [4.78, 5) is 0. The zero-order valence-electron chi connectivity index (χ0n) is 7.90. The van der Waals surface area contributed by atoms with Gasteiger partial charge in [-0.15, -0.1) is 0 Å². The first kappa shape index (κ1) is 9.74. The first-order chi connectivity index (χ1) is 6.74. The summed E-state index contributed by atoms with van der Waals surface area (Å²) in [7, 11) is 1.83. The van der Waals surface area contributed by atoms with E-state index in [1.807, 2.05) is 13.1 Å². The minimum absolute atomic E-state index is 0.0601. The van der Waals surface area contributed by atoms with Crippen LogP contribution in [0.3, 0.4) is 0 Å². The smallest absolute Gasteiger partial charge is 0.148 e. The minimum atomic E-state index is -0.310. The molecule has 4 heteroatoms. The molecule has 2 nitrogen and oxygen atoms in total. The molecule has 0 saturated carbocycles. The summed E-state index contributed by atoms with van der Waals surface area (Å²) in [6.45, 7) is 0.861. The van der Waals surface area contributed by atoms with Crippen LogP contribution in [0.1, 0.15) is 18.0 Å². The Kier molecular flexibility index (Phi) is 2.61. The number of fused-ring (bicyclic) bond motifs is 1. The highest BCUT2D eigenvalue weighted by Gasteiger charge is 2.23. The van der Waals surface area contributed by atoms with Gasteiger partial charge in [-0.05, 0) is 25.6 Å². The highest BCUT2D eigenvalue weighted by molar-refractivity contribution is 6.30. The maximum absolute atomic E-state index is 13.7. The molecule has 0 spiro atoms. The Morgan fingerprint density at radius 1 is 1.57 bits per heavy atom. The molecule has 2 N–H and O–H groups in total. The van der Waals surface area contributed by atoms with Crippen LogP contribution in [0.5, 0.6) is 0 Å². The number of halogens is 2. The Morgan fingerprint density at radius 3 is 3.07 bits per heavy atom. The van der Waals surface area contributed by atoms with Crippen molar-refractivity contribution in [2.24, 2.45) is 0 Å². The molecule has 0 bridgehead atoms. The average Bonchev–Trinajstić information content (AvgIpc) is 2.23. The van der Waals surface area contributed by atoms with Crippen LogP contribution in [0.2, 0.25) is 5.02 Å². The fourth-order valence-electron chi connectivity index (χ4n) is 1.85. The van der Waals surface area contributed by atoms with Gasteiger partial charge in [0, 0.05) is 23.8 Å². The summed E-state index contributed by atoms with van der Waals surface area (Å²) in [5, 5.41) is 6.43. The SMILES string of the molecule is CNC1CCNc2ccc(Cl)c(F)c21. The lowest BCUT2D eigenvalue weighted by molar-refractivity contribution is 0.508. The van der Waals surface area contributed by atoms with Crippen molar-refractivity contribution in [3.8, 4) is 0 Å². The van der Waals surface area contributed by atoms with E-state index in [-0.39, 0.29) is 16.9 Å². The molecular formula is C10H12ClFN2. The van der Waals surface area contributed by atoms with Crippen molar-refractivity contribution in [3.63, 3.8) is 0 Å². The van der Waals surface area contributed by atoms with E-state index in [9.17, 15) is 4.39 Å². The molecule has 1 heterocycles. The maximum Gasteiger partial charge on any atom is 0.148 e. The minimum Gasteiger partial charge on any atom is -0.385 e. The lowest BCUT2D eigenvalue weighted by Gasteiger charge is -2.27. The van der Waals surface area contributed by atoms with E-state index in [0.717, 1.165) is 18.7 Å². The topological polar surface area (TPSA) is 24.1 Å². The Labute approximate surface area is 87.5 Å². The zero-order valence-corrected chi connectivity index (χ0v) is 8.66. The molecular weight excluding hydrogens is 203 g/mol. The molecule has 1 aliphatic heterocycles. The van der Waals surface area contributed by atoms with Crippen molar-refractivity contribution in [1.29, 1.82) is 0 Å². The summed E-state index contributed by atoms with van der Waals surface area (Å²) < 4.78 is 13.7. The molecule has 2 rings (SSSR count). The summed E-state index contributed by atoms with van der Waals surface area (Å²) in [6, 6.07) is 3.47. The first-order valence-electron chi connectivity index (χ1n) is 4.63. The molecule has 1 aliphatic rings. The van der Waals surface area contributed by atoms with Crippen LogP contribution in [-0.2, 0) is 0 Å². The predicted octanol–water partition coefficient (Wildman–Crippen LogP) is 2.56. The molecule has 1 unspecified atom stereocenters. The molecule has 14 heavy (non-hydrogen) atoms. The van der Waals surface area contributed by atoms with Gasteiger partial charge >= 0.3 is 0 Å². The van der Waals surface area contributed by atoms with Crippen LogP contribution in [-0.4, -0.2) is 13.6 Å². The van der Waals surface area contributed by atoms with E-state index < -0.39 is 0 Å². The third kappa shape index (κ3) is 1.47. The lowest BCUT2D eigenvalue weighted by Crippen LogP contribution is -2.26. The van der Waals surface area contributed by atoms with Gasteiger partial charge in [0.2, 0.25) is 0 Å². The molecule has 0 aliphatic carbocycles. The van der Waals surface area contributed by atoms with E-state index in [1.165, 1.54) is 0 Å². The maximum atomic E-state index is 13.7. The third-order valence-electron chi connectivity index (χ3n) is 2.58. The second-order valence-electron chi connectivity index (χ2n) is 3.38. The Morgan fingerprint density at radius 2 is 2.36 bits per heavy atom. The highest BCUT2D eigenvalue weighted by Crippen LogP contribution is 2.34. The van der Waals surface area contributed by atoms with Crippen molar-refractivity contribution in [2.45, 2.75) is 12.5 Å². The molecule has 0 aromatic heterocycles. The third-order valence-corrected chi connectivity index (χ3v) is 2.87. The Balaban J connectivity index is 2.53.